The predicted molar refractivity (Wildman–Crippen MR) is 121 cm³/mol. The zero-order valence-corrected chi connectivity index (χ0v) is 18.6. The number of hydrogen-bond donors (Lipinski definition) is 1. The van der Waals surface area contributed by atoms with E-state index in [4.69, 9.17) is 4.74 Å². The van der Waals surface area contributed by atoms with Gasteiger partial charge in [0.1, 0.15) is 17.1 Å². The van der Waals surface area contributed by atoms with Gasteiger partial charge in [0.2, 0.25) is 5.91 Å². The third-order valence-electron chi connectivity index (χ3n) is 4.85. The maximum Gasteiger partial charge on any atom is 0.262 e. The summed E-state index contributed by atoms with van der Waals surface area (Å²) >= 11 is 2.81. The highest BCUT2D eigenvalue weighted by Crippen LogP contribution is 2.33. The molecular formula is C21H20N4O3S2. The van der Waals surface area contributed by atoms with Gasteiger partial charge in [-0.1, -0.05) is 11.6 Å². The molecule has 4 rings (SSSR count). The van der Waals surface area contributed by atoms with Crippen molar-refractivity contribution in [2.24, 2.45) is 0 Å². The quantitative estimate of drug-likeness (QED) is 0.504. The molecule has 0 spiro atoms. The number of carbonyl (C=O) groups is 1. The lowest BCUT2D eigenvalue weighted by Gasteiger charge is -2.07. The summed E-state index contributed by atoms with van der Waals surface area (Å²) in [5.74, 6) is 0.385. The van der Waals surface area contributed by atoms with Crippen molar-refractivity contribution < 1.29 is 9.53 Å². The molecule has 30 heavy (non-hydrogen) atoms. The second kappa shape index (κ2) is 8.00. The van der Waals surface area contributed by atoms with E-state index >= 15 is 0 Å². The van der Waals surface area contributed by atoms with Crippen molar-refractivity contribution >= 4 is 43.9 Å². The van der Waals surface area contributed by atoms with Crippen molar-refractivity contribution in [3.63, 3.8) is 0 Å². The highest BCUT2D eigenvalue weighted by molar-refractivity contribution is 7.18. The zero-order valence-electron chi connectivity index (χ0n) is 17.0. The first kappa shape index (κ1) is 20.2. The van der Waals surface area contributed by atoms with Crippen LogP contribution in [0.25, 0.3) is 21.5 Å². The van der Waals surface area contributed by atoms with Crippen molar-refractivity contribution in [3.8, 4) is 17.0 Å². The van der Waals surface area contributed by atoms with Gasteiger partial charge in [-0.2, -0.15) is 0 Å². The number of rotatable bonds is 5. The SMILES string of the molecule is COc1ccc(C)cc1-c1csc(NC(=O)Cn2cnc3sc(C)c(C)c3c2=O)n1. The van der Waals surface area contributed by atoms with Crippen molar-refractivity contribution in [2.45, 2.75) is 27.3 Å². The number of methoxy groups -OCH3 is 1. The number of carbonyl (C=O) groups excluding carboxylic acids is 1. The van der Waals surface area contributed by atoms with E-state index in [0.717, 1.165) is 33.0 Å². The Kier molecular flexibility index (Phi) is 5.40. The molecule has 0 fully saturated rings. The first-order chi connectivity index (χ1) is 14.4. The number of aromatic nitrogens is 3. The molecular weight excluding hydrogens is 420 g/mol. The number of benzene rings is 1. The number of ether oxygens (including phenoxy) is 1. The molecule has 1 amide bonds. The first-order valence-corrected chi connectivity index (χ1v) is 10.9. The fourth-order valence-corrected chi connectivity index (χ4v) is 4.89. The minimum Gasteiger partial charge on any atom is -0.496 e. The van der Waals surface area contributed by atoms with Crippen LogP contribution in [0.5, 0.6) is 5.75 Å². The second-order valence-electron chi connectivity index (χ2n) is 6.93. The van der Waals surface area contributed by atoms with Crippen LogP contribution >= 0.6 is 22.7 Å². The smallest absolute Gasteiger partial charge is 0.262 e. The Hall–Kier alpha value is -3.04. The normalized spacial score (nSPS) is 11.1. The number of nitrogens with one attached hydrogen (secondary N) is 1. The average molecular weight is 441 g/mol. The highest BCUT2D eigenvalue weighted by atomic mass is 32.1. The molecule has 0 aliphatic carbocycles. The molecule has 1 aromatic carbocycles. The Morgan fingerprint density at radius 2 is 2.07 bits per heavy atom. The van der Waals surface area contributed by atoms with Crippen LogP contribution in [0.4, 0.5) is 5.13 Å². The molecule has 154 valence electrons. The van der Waals surface area contributed by atoms with E-state index < -0.39 is 0 Å². The fourth-order valence-electron chi connectivity index (χ4n) is 3.17. The van der Waals surface area contributed by atoms with Gasteiger partial charge in [0.25, 0.3) is 5.56 Å². The summed E-state index contributed by atoms with van der Waals surface area (Å²) in [6.45, 7) is 5.73. The van der Waals surface area contributed by atoms with Gasteiger partial charge in [-0.15, -0.1) is 22.7 Å². The van der Waals surface area contributed by atoms with Crippen LogP contribution in [0.1, 0.15) is 16.0 Å². The number of amides is 1. The van der Waals surface area contributed by atoms with Crippen molar-refractivity contribution in [3.05, 3.63) is 56.3 Å². The molecule has 0 aliphatic rings. The van der Waals surface area contributed by atoms with Gasteiger partial charge in [-0.25, -0.2) is 9.97 Å². The molecule has 9 heteroatoms. The number of thiophene rings is 1. The number of anilines is 1. The number of nitrogens with zero attached hydrogens (tertiary/aromatic N) is 3. The van der Waals surface area contributed by atoms with Crippen LogP contribution in [-0.2, 0) is 11.3 Å². The van der Waals surface area contributed by atoms with Crippen molar-refractivity contribution in [2.75, 3.05) is 12.4 Å². The summed E-state index contributed by atoms with van der Waals surface area (Å²) < 4.78 is 6.75. The Labute approximate surface area is 181 Å². The zero-order chi connectivity index (χ0) is 21.4. The maximum atomic E-state index is 12.8. The van der Waals surface area contributed by atoms with Crippen LogP contribution in [0, 0.1) is 20.8 Å². The van der Waals surface area contributed by atoms with Crippen LogP contribution in [-0.4, -0.2) is 27.6 Å². The summed E-state index contributed by atoms with van der Waals surface area (Å²) in [6, 6.07) is 5.85. The van der Waals surface area contributed by atoms with E-state index in [0.29, 0.717) is 15.3 Å². The van der Waals surface area contributed by atoms with Crippen LogP contribution in [0.2, 0.25) is 0 Å². The number of fused-ring (bicyclic) bond motifs is 1. The van der Waals surface area contributed by atoms with Crippen LogP contribution < -0.4 is 15.6 Å². The van der Waals surface area contributed by atoms with Gasteiger partial charge in [0, 0.05) is 15.8 Å². The first-order valence-electron chi connectivity index (χ1n) is 9.23. The summed E-state index contributed by atoms with van der Waals surface area (Å²) in [5.41, 5.74) is 3.38. The molecule has 0 radical (unpaired) electrons. The van der Waals surface area contributed by atoms with E-state index in [9.17, 15) is 9.59 Å². The molecule has 1 N–H and O–H groups in total. The number of aryl methyl sites for hydroxylation is 3. The lowest BCUT2D eigenvalue weighted by molar-refractivity contribution is -0.116. The summed E-state index contributed by atoms with van der Waals surface area (Å²) in [5, 5.41) is 5.68. The Morgan fingerprint density at radius 1 is 1.27 bits per heavy atom. The molecule has 0 atom stereocenters. The fraction of sp³-hybridized carbons (Fsp3) is 0.238. The van der Waals surface area contributed by atoms with Crippen LogP contribution in [0.3, 0.4) is 0 Å². The Bertz CT molecular complexity index is 1320. The van der Waals surface area contributed by atoms with Gasteiger partial charge in [0.15, 0.2) is 5.13 Å². The van der Waals surface area contributed by atoms with Gasteiger partial charge in [-0.3, -0.25) is 14.2 Å². The topological polar surface area (TPSA) is 86.1 Å². The molecule has 3 aromatic heterocycles. The van der Waals surface area contributed by atoms with Gasteiger partial charge < -0.3 is 10.1 Å². The second-order valence-corrected chi connectivity index (χ2v) is 8.99. The van der Waals surface area contributed by atoms with E-state index in [1.165, 1.54) is 33.6 Å². The molecule has 0 saturated heterocycles. The third kappa shape index (κ3) is 3.73. The van der Waals surface area contributed by atoms with Gasteiger partial charge >= 0.3 is 0 Å². The third-order valence-corrected chi connectivity index (χ3v) is 6.72. The standard InChI is InChI=1S/C21H20N4O3S2/c1-11-5-6-16(28-4)14(7-11)15-9-29-21(23-15)24-17(26)8-25-10-22-19-18(20(25)27)12(2)13(3)30-19/h5-7,9-10H,8H2,1-4H3,(H,23,24,26). The van der Waals surface area contributed by atoms with E-state index in [1.807, 2.05) is 44.4 Å². The summed E-state index contributed by atoms with van der Waals surface area (Å²) in [4.78, 5) is 35.9. The molecule has 4 aromatic rings. The van der Waals surface area contributed by atoms with Crippen LogP contribution in [0.15, 0.2) is 34.7 Å². The predicted octanol–water partition coefficient (Wildman–Crippen LogP) is 4.15. The Morgan fingerprint density at radius 3 is 2.83 bits per heavy atom. The van der Waals surface area contributed by atoms with E-state index in [1.54, 1.807) is 7.11 Å². The largest absolute Gasteiger partial charge is 0.496 e. The maximum absolute atomic E-state index is 12.8. The lowest BCUT2D eigenvalue weighted by atomic mass is 10.1. The Balaban J connectivity index is 1.54. The van der Waals surface area contributed by atoms with Crippen molar-refractivity contribution in [1.29, 1.82) is 0 Å². The number of hydrogen-bond acceptors (Lipinski definition) is 7. The monoisotopic (exact) mass is 440 g/mol. The van der Waals surface area contributed by atoms with Gasteiger partial charge in [0.05, 0.1) is 24.5 Å². The van der Waals surface area contributed by atoms with E-state index in [-0.39, 0.29) is 18.0 Å². The lowest BCUT2D eigenvalue weighted by Crippen LogP contribution is -2.27. The van der Waals surface area contributed by atoms with Crippen molar-refractivity contribution in [1.82, 2.24) is 14.5 Å². The van der Waals surface area contributed by atoms with Gasteiger partial charge in [-0.05, 0) is 38.5 Å². The highest BCUT2D eigenvalue weighted by Gasteiger charge is 2.15. The average Bonchev–Trinajstić information content (AvgIpc) is 3.29. The van der Waals surface area contributed by atoms with E-state index in [2.05, 4.69) is 15.3 Å². The molecule has 0 aliphatic heterocycles. The minimum absolute atomic E-state index is 0.126. The summed E-state index contributed by atoms with van der Waals surface area (Å²) in [6.07, 6.45) is 1.42. The molecule has 0 bridgehead atoms. The molecule has 3 heterocycles. The molecule has 7 nitrogen and oxygen atoms in total. The number of thiazole rings is 1. The summed E-state index contributed by atoms with van der Waals surface area (Å²) in [7, 11) is 1.61. The minimum atomic E-state index is -0.333. The molecule has 0 unspecified atom stereocenters. The molecule has 0 saturated carbocycles.